The van der Waals surface area contributed by atoms with Crippen molar-refractivity contribution in [3.8, 4) is 17.2 Å². The van der Waals surface area contributed by atoms with E-state index >= 15 is 0 Å². The Labute approximate surface area is 216 Å². The topological polar surface area (TPSA) is 118 Å². The molecule has 12 heteroatoms. The lowest BCUT2D eigenvalue weighted by molar-refractivity contribution is -0.119. The Balaban J connectivity index is 1.86. The van der Waals surface area contributed by atoms with Gasteiger partial charge in [0.05, 0.1) is 40.5 Å². The van der Waals surface area contributed by atoms with Gasteiger partial charge in [-0.2, -0.15) is 5.10 Å². The first-order valence-electron chi connectivity index (χ1n) is 9.97. The molecule has 184 valence electrons. The Morgan fingerprint density at radius 1 is 1.11 bits per heavy atom. The average Bonchev–Trinajstić information content (AvgIpc) is 2.85. The molecule has 0 unspecified atom stereocenters. The molecule has 0 saturated carbocycles. The number of phenolic OH excluding ortho intramolecular Hbond substituents is 1. The van der Waals surface area contributed by atoms with Gasteiger partial charge < -0.3 is 14.6 Å². The van der Waals surface area contributed by atoms with Crippen LogP contribution in [0.2, 0.25) is 5.02 Å². The van der Waals surface area contributed by atoms with Crippen molar-refractivity contribution in [3.63, 3.8) is 0 Å². The number of phenols is 1. The molecule has 0 aliphatic heterocycles. The number of sulfonamides is 1. The molecule has 2 N–H and O–H groups in total. The van der Waals surface area contributed by atoms with E-state index in [0.717, 1.165) is 4.31 Å². The van der Waals surface area contributed by atoms with Gasteiger partial charge in [-0.15, -0.1) is 0 Å². The number of rotatable bonds is 9. The van der Waals surface area contributed by atoms with Crippen LogP contribution in [-0.4, -0.2) is 46.4 Å². The number of carbonyl (C=O) groups excluding carboxylic acids is 1. The number of aromatic hydroxyl groups is 1. The number of methoxy groups -OCH3 is 2. The molecule has 3 aromatic carbocycles. The van der Waals surface area contributed by atoms with Gasteiger partial charge in [0.25, 0.3) is 15.9 Å². The normalized spacial score (nSPS) is 11.3. The largest absolute Gasteiger partial charge is 0.503 e. The Kier molecular flexibility index (Phi) is 8.60. The van der Waals surface area contributed by atoms with E-state index in [1.54, 1.807) is 24.3 Å². The second-order valence-electron chi connectivity index (χ2n) is 6.99. The number of carbonyl (C=O) groups is 1. The smallest absolute Gasteiger partial charge is 0.264 e. The third-order valence-electron chi connectivity index (χ3n) is 4.72. The van der Waals surface area contributed by atoms with Gasteiger partial charge in [0, 0.05) is 0 Å². The molecule has 0 bridgehead atoms. The van der Waals surface area contributed by atoms with Crippen molar-refractivity contribution in [2.24, 2.45) is 5.10 Å². The first kappa shape index (κ1) is 26.3. The third kappa shape index (κ3) is 6.24. The fourth-order valence-corrected chi connectivity index (χ4v) is 5.16. The Morgan fingerprint density at radius 3 is 2.43 bits per heavy atom. The molecule has 35 heavy (non-hydrogen) atoms. The van der Waals surface area contributed by atoms with Crippen LogP contribution in [0.25, 0.3) is 0 Å². The summed E-state index contributed by atoms with van der Waals surface area (Å²) in [6, 6.07) is 15.2. The zero-order valence-corrected chi connectivity index (χ0v) is 21.8. The van der Waals surface area contributed by atoms with Gasteiger partial charge >= 0.3 is 0 Å². The number of anilines is 1. The standard InChI is InChI=1S/C23H21BrClN3O6S/c1-33-20-9-8-16(12-19(20)25)28(35(31,32)17-6-4-3-5-7-17)14-22(29)27-26-13-15-10-18(24)23(30)21(11-15)34-2/h3-13,30H,14H2,1-2H3,(H,27,29)/b26-13-. The molecule has 0 spiro atoms. The lowest BCUT2D eigenvalue weighted by atomic mass is 10.2. The molecular formula is C23H21BrClN3O6S. The molecule has 3 aromatic rings. The summed E-state index contributed by atoms with van der Waals surface area (Å²) in [5.41, 5.74) is 3.00. The van der Waals surface area contributed by atoms with Crippen LogP contribution in [0.5, 0.6) is 17.2 Å². The average molecular weight is 583 g/mol. The van der Waals surface area contributed by atoms with Crippen LogP contribution in [0, 0.1) is 0 Å². The molecule has 0 heterocycles. The van der Waals surface area contributed by atoms with Gasteiger partial charge in [0.1, 0.15) is 12.3 Å². The minimum absolute atomic E-state index is 0.00396. The maximum atomic E-state index is 13.4. The Morgan fingerprint density at radius 2 is 1.80 bits per heavy atom. The maximum Gasteiger partial charge on any atom is 0.264 e. The summed E-state index contributed by atoms with van der Waals surface area (Å²) < 4.78 is 38.2. The first-order valence-corrected chi connectivity index (χ1v) is 12.6. The molecular weight excluding hydrogens is 562 g/mol. The number of nitrogens with one attached hydrogen (secondary N) is 1. The number of nitrogens with zero attached hydrogens (tertiary/aromatic N) is 2. The highest BCUT2D eigenvalue weighted by Gasteiger charge is 2.27. The summed E-state index contributed by atoms with van der Waals surface area (Å²) in [4.78, 5) is 12.7. The zero-order chi connectivity index (χ0) is 25.6. The number of benzene rings is 3. The molecule has 0 aliphatic carbocycles. The highest BCUT2D eigenvalue weighted by Crippen LogP contribution is 2.35. The van der Waals surface area contributed by atoms with E-state index in [1.165, 1.54) is 56.8 Å². The summed E-state index contributed by atoms with van der Waals surface area (Å²) in [5, 5.41) is 14.0. The Bertz CT molecular complexity index is 1350. The number of amides is 1. The monoisotopic (exact) mass is 581 g/mol. The summed E-state index contributed by atoms with van der Waals surface area (Å²) in [6.07, 6.45) is 1.32. The lowest BCUT2D eigenvalue weighted by Crippen LogP contribution is -2.39. The fourth-order valence-electron chi connectivity index (χ4n) is 3.01. The van der Waals surface area contributed by atoms with Crippen LogP contribution < -0.4 is 19.2 Å². The van der Waals surface area contributed by atoms with E-state index in [0.29, 0.717) is 15.8 Å². The van der Waals surface area contributed by atoms with Gasteiger partial charge in [0.15, 0.2) is 11.5 Å². The Hall–Kier alpha value is -3.28. The van der Waals surface area contributed by atoms with Gasteiger partial charge in [0.2, 0.25) is 0 Å². The van der Waals surface area contributed by atoms with Crippen LogP contribution in [-0.2, 0) is 14.8 Å². The number of ether oxygens (including phenoxy) is 2. The van der Waals surface area contributed by atoms with Crippen molar-refractivity contribution in [2.75, 3.05) is 25.1 Å². The van der Waals surface area contributed by atoms with Crippen LogP contribution in [0.1, 0.15) is 5.56 Å². The number of hydrogen-bond donors (Lipinski definition) is 2. The summed E-state index contributed by atoms with van der Waals surface area (Å²) in [7, 11) is -1.27. The van der Waals surface area contributed by atoms with E-state index < -0.39 is 22.5 Å². The summed E-state index contributed by atoms with van der Waals surface area (Å²) in [6.45, 7) is -0.570. The van der Waals surface area contributed by atoms with Crippen molar-refractivity contribution in [3.05, 3.63) is 75.7 Å². The number of halogens is 2. The van der Waals surface area contributed by atoms with Crippen LogP contribution in [0.15, 0.2) is 75.1 Å². The van der Waals surface area contributed by atoms with Crippen LogP contribution in [0.4, 0.5) is 5.69 Å². The van der Waals surface area contributed by atoms with E-state index in [2.05, 4.69) is 26.5 Å². The molecule has 3 rings (SSSR count). The molecule has 0 aliphatic rings. The molecule has 0 saturated heterocycles. The zero-order valence-electron chi connectivity index (χ0n) is 18.6. The minimum atomic E-state index is -4.11. The van der Waals surface area contributed by atoms with Crippen LogP contribution in [0.3, 0.4) is 0 Å². The highest BCUT2D eigenvalue weighted by atomic mass is 79.9. The van der Waals surface area contributed by atoms with Gasteiger partial charge in [-0.1, -0.05) is 29.8 Å². The van der Waals surface area contributed by atoms with Crippen molar-refractivity contribution in [1.82, 2.24) is 5.43 Å². The summed E-state index contributed by atoms with van der Waals surface area (Å²) >= 11 is 9.41. The quantitative estimate of drug-likeness (QED) is 0.289. The molecule has 0 fully saturated rings. The SMILES string of the molecule is COc1ccc(N(CC(=O)N/N=C\c2cc(Br)c(O)c(OC)c2)S(=O)(=O)c2ccccc2)cc1Cl. The van der Waals surface area contributed by atoms with E-state index in [9.17, 15) is 18.3 Å². The van der Waals surface area contributed by atoms with Gasteiger partial charge in [-0.05, 0) is 64.0 Å². The van der Waals surface area contributed by atoms with Crippen molar-refractivity contribution >= 4 is 55.4 Å². The number of hydrazone groups is 1. The molecule has 0 radical (unpaired) electrons. The maximum absolute atomic E-state index is 13.4. The number of hydrogen-bond acceptors (Lipinski definition) is 7. The van der Waals surface area contributed by atoms with Crippen molar-refractivity contribution in [1.29, 1.82) is 0 Å². The first-order chi connectivity index (χ1) is 16.7. The highest BCUT2D eigenvalue weighted by molar-refractivity contribution is 9.10. The second-order valence-corrected chi connectivity index (χ2v) is 10.1. The molecule has 0 aromatic heterocycles. The third-order valence-corrected chi connectivity index (χ3v) is 7.40. The van der Waals surface area contributed by atoms with Crippen molar-refractivity contribution < 1.29 is 27.8 Å². The summed E-state index contributed by atoms with van der Waals surface area (Å²) in [5.74, 6) is -0.202. The second kappa shape index (κ2) is 11.4. The van der Waals surface area contributed by atoms with Crippen LogP contribution >= 0.6 is 27.5 Å². The van der Waals surface area contributed by atoms with E-state index in [-0.39, 0.29) is 27.1 Å². The van der Waals surface area contributed by atoms with Gasteiger partial charge in [-0.3, -0.25) is 9.10 Å². The fraction of sp³-hybridized carbons (Fsp3) is 0.130. The van der Waals surface area contributed by atoms with Crippen molar-refractivity contribution in [2.45, 2.75) is 4.90 Å². The lowest BCUT2D eigenvalue weighted by Gasteiger charge is -2.24. The predicted octanol–water partition coefficient (Wildman–Crippen LogP) is 4.17. The predicted molar refractivity (Wildman–Crippen MR) is 137 cm³/mol. The molecule has 9 nitrogen and oxygen atoms in total. The van der Waals surface area contributed by atoms with E-state index in [4.69, 9.17) is 21.1 Å². The molecule has 0 atom stereocenters. The minimum Gasteiger partial charge on any atom is -0.503 e. The molecule has 1 amide bonds. The van der Waals surface area contributed by atoms with E-state index in [1.807, 2.05) is 0 Å². The van der Waals surface area contributed by atoms with Gasteiger partial charge in [-0.25, -0.2) is 13.8 Å².